The second-order valence-corrected chi connectivity index (χ2v) is 8.74. The molecule has 3 rings (SSSR count). The van der Waals surface area contributed by atoms with Crippen molar-refractivity contribution >= 4 is 10.0 Å². The van der Waals surface area contributed by atoms with Gasteiger partial charge in [0.2, 0.25) is 10.0 Å². The summed E-state index contributed by atoms with van der Waals surface area (Å²) in [4.78, 5) is 0. The monoisotopic (exact) mass is 353 g/mol. The third-order valence-corrected chi connectivity index (χ3v) is 6.98. The van der Waals surface area contributed by atoms with E-state index in [0.29, 0.717) is 31.4 Å². The van der Waals surface area contributed by atoms with Crippen molar-refractivity contribution in [3.05, 3.63) is 24.3 Å². The Balaban J connectivity index is 1.61. The summed E-state index contributed by atoms with van der Waals surface area (Å²) in [6, 6.07) is 7.51. The van der Waals surface area contributed by atoms with Crippen LogP contribution in [0.25, 0.3) is 0 Å². The SMILES string of the molecule is CCN(C[C@@H]1COc2ccccc2O1)S(=O)(=O)CC1CCCCC1. The zero-order valence-corrected chi connectivity index (χ0v) is 15.1. The molecule has 0 amide bonds. The average Bonchev–Trinajstić information content (AvgIpc) is 2.60. The summed E-state index contributed by atoms with van der Waals surface area (Å²) in [7, 11) is -3.25. The van der Waals surface area contributed by atoms with Gasteiger partial charge in [0.1, 0.15) is 12.7 Å². The number of rotatable bonds is 6. The van der Waals surface area contributed by atoms with Crippen LogP contribution in [0, 0.1) is 5.92 Å². The fraction of sp³-hybridized carbons (Fsp3) is 0.667. The Kier molecular flexibility index (Phi) is 5.66. The molecule has 1 fully saturated rings. The zero-order chi connectivity index (χ0) is 17.0. The van der Waals surface area contributed by atoms with Gasteiger partial charge in [0.15, 0.2) is 11.5 Å². The molecule has 1 saturated carbocycles. The Bertz CT molecular complexity index is 640. The molecule has 1 aromatic carbocycles. The minimum atomic E-state index is -3.25. The number of ether oxygens (including phenoxy) is 2. The molecule has 6 heteroatoms. The van der Waals surface area contributed by atoms with Crippen LogP contribution in [0.3, 0.4) is 0 Å². The van der Waals surface area contributed by atoms with Crippen molar-refractivity contribution in [2.45, 2.75) is 45.1 Å². The van der Waals surface area contributed by atoms with E-state index in [9.17, 15) is 8.42 Å². The number of benzene rings is 1. The Morgan fingerprint density at radius 2 is 1.83 bits per heavy atom. The quantitative estimate of drug-likeness (QED) is 0.789. The second-order valence-electron chi connectivity index (χ2n) is 6.73. The molecule has 0 aromatic heterocycles. The normalized spacial score (nSPS) is 21.8. The summed E-state index contributed by atoms with van der Waals surface area (Å²) < 4.78 is 38.7. The molecule has 1 heterocycles. The predicted molar refractivity (Wildman–Crippen MR) is 94.0 cm³/mol. The first-order valence-corrected chi connectivity index (χ1v) is 10.6. The van der Waals surface area contributed by atoms with Crippen LogP contribution in [-0.4, -0.2) is 44.3 Å². The summed E-state index contributed by atoms with van der Waals surface area (Å²) >= 11 is 0. The molecule has 5 nitrogen and oxygen atoms in total. The van der Waals surface area contributed by atoms with E-state index in [-0.39, 0.29) is 11.9 Å². The first-order valence-electron chi connectivity index (χ1n) is 8.95. The standard InChI is InChI=1S/C18H27NO4S/c1-2-19(24(20,21)14-15-8-4-3-5-9-15)12-16-13-22-17-10-6-7-11-18(17)23-16/h6-7,10-11,15-16H,2-5,8-9,12-14H2,1H3/t16-/m1/s1. The molecule has 1 atom stereocenters. The van der Waals surface area contributed by atoms with Crippen molar-refractivity contribution in [1.29, 1.82) is 0 Å². The first-order chi connectivity index (χ1) is 11.6. The van der Waals surface area contributed by atoms with Gasteiger partial charge in [-0.05, 0) is 30.9 Å². The summed E-state index contributed by atoms with van der Waals surface area (Å²) in [5.41, 5.74) is 0. The zero-order valence-electron chi connectivity index (χ0n) is 14.3. The molecule has 0 bridgehead atoms. The van der Waals surface area contributed by atoms with Gasteiger partial charge in [0.05, 0.1) is 12.3 Å². The van der Waals surface area contributed by atoms with E-state index in [4.69, 9.17) is 9.47 Å². The Morgan fingerprint density at radius 3 is 2.54 bits per heavy atom. The minimum absolute atomic E-state index is 0.263. The van der Waals surface area contributed by atoms with Crippen molar-refractivity contribution in [1.82, 2.24) is 4.31 Å². The lowest BCUT2D eigenvalue weighted by Gasteiger charge is -2.31. The lowest BCUT2D eigenvalue weighted by Crippen LogP contribution is -2.45. The van der Waals surface area contributed by atoms with E-state index in [1.807, 2.05) is 31.2 Å². The second kappa shape index (κ2) is 7.74. The minimum Gasteiger partial charge on any atom is -0.486 e. The van der Waals surface area contributed by atoms with Crippen molar-refractivity contribution in [3.8, 4) is 11.5 Å². The highest BCUT2D eigenvalue weighted by Gasteiger charge is 2.30. The topological polar surface area (TPSA) is 55.8 Å². The third kappa shape index (κ3) is 4.22. The van der Waals surface area contributed by atoms with E-state index >= 15 is 0 Å². The van der Waals surface area contributed by atoms with E-state index in [2.05, 4.69) is 0 Å². The Hall–Kier alpha value is -1.27. The fourth-order valence-electron chi connectivity index (χ4n) is 3.58. The molecule has 0 unspecified atom stereocenters. The molecule has 0 saturated heterocycles. The van der Waals surface area contributed by atoms with Crippen molar-refractivity contribution in [3.63, 3.8) is 0 Å². The summed E-state index contributed by atoms with van der Waals surface area (Å²) in [6.07, 6.45) is 5.35. The fourth-order valence-corrected chi connectivity index (χ4v) is 5.50. The number of para-hydroxylation sites is 2. The number of sulfonamides is 1. The van der Waals surface area contributed by atoms with E-state index in [0.717, 1.165) is 31.4 Å². The van der Waals surface area contributed by atoms with Crippen LogP contribution in [0.5, 0.6) is 11.5 Å². The van der Waals surface area contributed by atoms with Gasteiger partial charge >= 0.3 is 0 Å². The Morgan fingerprint density at radius 1 is 1.12 bits per heavy atom. The van der Waals surface area contributed by atoms with Crippen LogP contribution in [-0.2, 0) is 10.0 Å². The number of nitrogens with zero attached hydrogens (tertiary/aromatic N) is 1. The summed E-state index contributed by atoms with van der Waals surface area (Å²) in [6.45, 7) is 3.08. The van der Waals surface area contributed by atoms with Gasteiger partial charge in [0, 0.05) is 6.54 Å². The van der Waals surface area contributed by atoms with Crippen LogP contribution in [0.1, 0.15) is 39.0 Å². The maximum atomic E-state index is 12.8. The highest BCUT2D eigenvalue weighted by Crippen LogP contribution is 2.31. The lowest BCUT2D eigenvalue weighted by molar-refractivity contribution is 0.0770. The van der Waals surface area contributed by atoms with Crippen LogP contribution in [0.2, 0.25) is 0 Å². The number of hydrogen-bond acceptors (Lipinski definition) is 4. The molecule has 1 aliphatic carbocycles. The highest BCUT2D eigenvalue weighted by atomic mass is 32.2. The molecular weight excluding hydrogens is 326 g/mol. The molecule has 1 aliphatic heterocycles. The van der Waals surface area contributed by atoms with E-state index < -0.39 is 10.0 Å². The van der Waals surface area contributed by atoms with Gasteiger partial charge < -0.3 is 9.47 Å². The van der Waals surface area contributed by atoms with Crippen molar-refractivity contribution < 1.29 is 17.9 Å². The summed E-state index contributed by atoms with van der Waals surface area (Å²) in [5.74, 6) is 1.99. The lowest BCUT2D eigenvalue weighted by atomic mass is 9.91. The van der Waals surface area contributed by atoms with Crippen LogP contribution >= 0.6 is 0 Å². The molecule has 0 radical (unpaired) electrons. The van der Waals surface area contributed by atoms with Gasteiger partial charge in [-0.25, -0.2) is 8.42 Å². The van der Waals surface area contributed by atoms with Crippen molar-refractivity contribution in [2.75, 3.05) is 25.4 Å². The number of likely N-dealkylation sites (N-methyl/N-ethyl adjacent to an activating group) is 1. The molecular formula is C18H27NO4S. The maximum Gasteiger partial charge on any atom is 0.214 e. The maximum absolute atomic E-state index is 12.8. The van der Waals surface area contributed by atoms with E-state index in [1.165, 1.54) is 6.42 Å². The summed E-state index contributed by atoms with van der Waals surface area (Å²) in [5, 5.41) is 0. The number of fused-ring (bicyclic) bond motifs is 1. The Labute approximate surface area is 145 Å². The van der Waals surface area contributed by atoms with E-state index in [1.54, 1.807) is 4.31 Å². The molecule has 134 valence electrons. The van der Waals surface area contributed by atoms with Gasteiger partial charge in [-0.1, -0.05) is 38.3 Å². The largest absolute Gasteiger partial charge is 0.486 e. The molecule has 24 heavy (non-hydrogen) atoms. The van der Waals surface area contributed by atoms with Crippen molar-refractivity contribution in [2.24, 2.45) is 5.92 Å². The molecule has 0 N–H and O–H groups in total. The average molecular weight is 353 g/mol. The molecule has 0 spiro atoms. The smallest absolute Gasteiger partial charge is 0.214 e. The predicted octanol–water partition coefficient (Wildman–Crippen LogP) is 3.06. The number of hydrogen-bond donors (Lipinski definition) is 0. The van der Waals surface area contributed by atoms with Gasteiger partial charge in [-0.15, -0.1) is 0 Å². The highest BCUT2D eigenvalue weighted by molar-refractivity contribution is 7.89. The third-order valence-electron chi connectivity index (χ3n) is 4.89. The van der Waals surface area contributed by atoms with Gasteiger partial charge in [-0.2, -0.15) is 4.31 Å². The van der Waals surface area contributed by atoms with Crippen LogP contribution in [0.15, 0.2) is 24.3 Å². The van der Waals surface area contributed by atoms with Crippen LogP contribution < -0.4 is 9.47 Å². The molecule has 1 aromatic rings. The van der Waals surface area contributed by atoms with Gasteiger partial charge in [0.25, 0.3) is 0 Å². The van der Waals surface area contributed by atoms with Gasteiger partial charge in [-0.3, -0.25) is 0 Å². The first kappa shape index (κ1) is 17.5. The molecule has 2 aliphatic rings. The van der Waals surface area contributed by atoms with Crippen LogP contribution in [0.4, 0.5) is 0 Å².